The van der Waals surface area contributed by atoms with Crippen molar-refractivity contribution in [2.45, 2.75) is 24.9 Å². The molecule has 1 fully saturated rings. The van der Waals surface area contributed by atoms with E-state index in [4.69, 9.17) is 0 Å². The molecule has 1 aromatic carbocycles. The number of nitrogens with one attached hydrogen (secondary N) is 1. The Labute approximate surface area is 113 Å². The molecule has 98 valence electrons. The van der Waals surface area contributed by atoms with Crippen LogP contribution in [-0.2, 0) is 4.79 Å². The van der Waals surface area contributed by atoms with E-state index in [1.54, 1.807) is 11.8 Å². The highest BCUT2D eigenvalue weighted by Crippen LogP contribution is 2.25. The van der Waals surface area contributed by atoms with Gasteiger partial charge in [-0.3, -0.25) is 10.1 Å². The largest absolute Gasteiger partial charge is 0.322 e. The summed E-state index contributed by atoms with van der Waals surface area (Å²) in [5.74, 6) is 0.685. The van der Waals surface area contributed by atoms with Gasteiger partial charge >= 0.3 is 0 Å². The second-order valence-electron chi connectivity index (χ2n) is 5.00. The van der Waals surface area contributed by atoms with E-state index in [0.29, 0.717) is 12.5 Å². The van der Waals surface area contributed by atoms with Crippen molar-refractivity contribution in [3.8, 4) is 0 Å². The predicted octanol–water partition coefficient (Wildman–Crippen LogP) is 2.49. The molecule has 1 aliphatic heterocycles. The lowest BCUT2D eigenvalue weighted by Crippen LogP contribution is -2.33. The van der Waals surface area contributed by atoms with Crippen LogP contribution >= 0.6 is 11.8 Å². The van der Waals surface area contributed by atoms with Crippen LogP contribution in [-0.4, -0.2) is 30.2 Å². The first kappa shape index (κ1) is 13.4. The Balaban J connectivity index is 2.17. The van der Waals surface area contributed by atoms with Gasteiger partial charge in [-0.1, -0.05) is 26.0 Å². The van der Waals surface area contributed by atoms with Crippen LogP contribution in [0.15, 0.2) is 29.2 Å². The first-order valence-corrected chi connectivity index (χ1v) is 7.51. The zero-order valence-electron chi connectivity index (χ0n) is 11.1. The van der Waals surface area contributed by atoms with Gasteiger partial charge in [-0.25, -0.2) is 0 Å². The second-order valence-corrected chi connectivity index (χ2v) is 5.88. The Hall–Kier alpha value is -1.00. The van der Waals surface area contributed by atoms with Crippen molar-refractivity contribution < 1.29 is 4.79 Å². The molecule has 1 heterocycles. The molecule has 0 radical (unpaired) electrons. The number of carbonyl (C=O) groups is 1. The fourth-order valence-corrected chi connectivity index (χ4v) is 2.63. The zero-order valence-corrected chi connectivity index (χ0v) is 12.0. The van der Waals surface area contributed by atoms with Crippen LogP contribution in [0.25, 0.3) is 0 Å². The molecule has 0 bridgehead atoms. The quantitative estimate of drug-likeness (QED) is 0.848. The van der Waals surface area contributed by atoms with E-state index < -0.39 is 0 Å². The van der Waals surface area contributed by atoms with Crippen LogP contribution in [0.3, 0.4) is 0 Å². The summed E-state index contributed by atoms with van der Waals surface area (Å²) >= 11 is 1.73. The van der Waals surface area contributed by atoms with Crippen molar-refractivity contribution in [1.29, 1.82) is 0 Å². The molecule has 4 heteroatoms. The Morgan fingerprint density at radius 1 is 1.39 bits per heavy atom. The fraction of sp³-hybridized carbons (Fsp3) is 0.500. The van der Waals surface area contributed by atoms with Gasteiger partial charge in [0.25, 0.3) is 0 Å². The first-order chi connectivity index (χ1) is 8.61. The Bertz CT molecular complexity index is 416. The van der Waals surface area contributed by atoms with Gasteiger partial charge in [-0.05, 0) is 29.9 Å². The molecule has 0 saturated carbocycles. The van der Waals surface area contributed by atoms with Gasteiger partial charge in [0.05, 0.1) is 6.54 Å². The predicted molar refractivity (Wildman–Crippen MR) is 75.5 cm³/mol. The third-order valence-electron chi connectivity index (χ3n) is 3.07. The lowest BCUT2D eigenvalue weighted by molar-refractivity contribution is -0.128. The summed E-state index contributed by atoms with van der Waals surface area (Å²) in [6, 6.07) is 8.43. The van der Waals surface area contributed by atoms with Crippen molar-refractivity contribution in [1.82, 2.24) is 10.2 Å². The number of hydrogen-bond donors (Lipinski definition) is 1. The number of amides is 1. The molecule has 1 amide bonds. The van der Waals surface area contributed by atoms with E-state index in [-0.39, 0.29) is 12.1 Å². The van der Waals surface area contributed by atoms with E-state index in [9.17, 15) is 4.79 Å². The first-order valence-electron chi connectivity index (χ1n) is 6.28. The summed E-state index contributed by atoms with van der Waals surface area (Å²) in [4.78, 5) is 15.1. The highest BCUT2D eigenvalue weighted by atomic mass is 32.2. The molecule has 2 rings (SSSR count). The van der Waals surface area contributed by atoms with Crippen LogP contribution in [0, 0.1) is 5.92 Å². The molecule has 0 spiro atoms. The fourth-order valence-electron chi connectivity index (χ4n) is 2.22. The van der Waals surface area contributed by atoms with Gasteiger partial charge in [0.2, 0.25) is 5.91 Å². The van der Waals surface area contributed by atoms with E-state index >= 15 is 0 Å². The molecule has 1 saturated heterocycles. The minimum absolute atomic E-state index is 0.0378. The molecule has 1 N–H and O–H groups in total. The monoisotopic (exact) mass is 264 g/mol. The average Bonchev–Trinajstić information content (AvgIpc) is 2.71. The summed E-state index contributed by atoms with van der Waals surface area (Å²) in [6.07, 6.45) is 2.10. The summed E-state index contributed by atoms with van der Waals surface area (Å²) < 4.78 is 0. The number of nitrogens with zero attached hydrogens (tertiary/aromatic N) is 1. The number of carbonyl (C=O) groups excluding carboxylic acids is 1. The van der Waals surface area contributed by atoms with Crippen LogP contribution in [0.4, 0.5) is 0 Å². The van der Waals surface area contributed by atoms with Crippen LogP contribution in [0.1, 0.15) is 25.6 Å². The van der Waals surface area contributed by atoms with E-state index in [0.717, 1.165) is 6.54 Å². The molecule has 1 unspecified atom stereocenters. The summed E-state index contributed by atoms with van der Waals surface area (Å²) in [6.45, 7) is 5.53. The summed E-state index contributed by atoms with van der Waals surface area (Å²) in [7, 11) is 0. The van der Waals surface area contributed by atoms with Gasteiger partial charge in [0, 0.05) is 11.4 Å². The second kappa shape index (κ2) is 5.76. The number of thioether (sulfide) groups is 1. The van der Waals surface area contributed by atoms with Gasteiger partial charge in [-0.15, -0.1) is 11.8 Å². The van der Waals surface area contributed by atoms with Crippen LogP contribution in [0.2, 0.25) is 0 Å². The maximum Gasteiger partial charge on any atom is 0.238 e. The van der Waals surface area contributed by atoms with E-state index in [2.05, 4.69) is 49.7 Å². The maximum absolute atomic E-state index is 11.9. The molecular weight excluding hydrogens is 244 g/mol. The zero-order chi connectivity index (χ0) is 13.1. The summed E-state index contributed by atoms with van der Waals surface area (Å²) in [5.41, 5.74) is 1.17. The minimum Gasteiger partial charge on any atom is -0.322 e. The van der Waals surface area contributed by atoms with Crippen molar-refractivity contribution in [3.63, 3.8) is 0 Å². The van der Waals surface area contributed by atoms with Gasteiger partial charge < -0.3 is 4.90 Å². The van der Waals surface area contributed by atoms with Crippen molar-refractivity contribution in [2.24, 2.45) is 5.92 Å². The SMILES string of the molecule is CSc1ccc(C2NCC(=O)N2CC(C)C)cc1. The smallest absolute Gasteiger partial charge is 0.238 e. The molecule has 3 nitrogen and oxygen atoms in total. The molecule has 0 aromatic heterocycles. The molecule has 1 aliphatic rings. The lowest BCUT2D eigenvalue weighted by atomic mass is 10.1. The van der Waals surface area contributed by atoms with Crippen molar-refractivity contribution in [2.75, 3.05) is 19.3 Å². The Kier molecular flexibility index (Phi) is 4.30. The normalized spacial score (nSPS) is 19.9. The highest BCUT2D eigenvalue weighted by Gasteiger charge is 2.31. The maximum atomic E-state index is 11.9. The van der Waals surface area contributed by atoms with Crippen molar-refractivity contribution >= 4 is 17.7 Å². The summed E-state index contributed by atoms with van der Waals surface area (Å²) in [5, 5.41) is 3.29. The number of rotatable bonds is 4. The molecule has 1 atom stereocenters. The standard InChI is InChI=1S/C14H20N2OS/c1-10(2)9-16-13(17)8-15-14(16)11-4-6-12(18-3)7-5-11/h4-7,10,14-15H,8-9H2,1-3H3. The Morgan fingerprint density at radius 2 is 2.06 bits per heavy atom. The molecule has 18 heavy (non-hydrogen) atoms. The number of benzene rings is 1. The average molecular weight is 264 g/mol. The van der Waals surface area contributed by atoms with Gasteiger partial charge in [0.1, 0.15) is 6.17 Å². The van der Waals surface area contributed by atoms with Gasteiger partial charge in [-0.2, -0.15) is 0 Å². The molecule has 1 aromatic rings. The van der Waals surface area contributed by atoms with Crippen LogP contribution in [0.5, 0.6) is 0 Å². The van der Waals surface area contributed by atoms with Crippen molar-refractivity contribution in [3.05, 3.63) is 29.8 Å². The lowest BCUT2D eigenvalue weighted by Gasteiger charge is -2.26. The Morgan fingerprint density at radius 3 is 2.61 bits per heavy atom. The third kappa shape index (κ3) is 2.87. The third-order valence-corrected chi connectivity index (χ3v) is 3.82. The minimum atomic E-state index is 0.0378. The van der Waals surface area contributed by atoms with Crippen LogP contribution < -0.4 is 5.32 Å². The van der Waals surface area contributed by atoms with E-state index in [1.807, 2.05) is 4.90 Å². The highest BCUT2D eigenvalue weighted by molar-refractivity contribution is 7.98. The number of hydrogen-bond acceptors (Lipinski definition) is 3. The van der Waals surface area contributed by atoms with E-state index in [1.165, 1.54) is 10.5 Å². The van der Waals surface area contributed by atoms with Gasteiger partial charge in [0.15, 0.2) is 0 Å². The molecular formula is C14H20N2OS. The topological polar surface area (TPSA) is 32.3 Å². The molecule has 0 aliphatic carbocycles.